The van der Waals surface area contributed by atoms with E-state index in [1.165, 1.54) is 25.6 Å². The zero-order chi connectivity index (χ0) is 25.8. The Morgan fingerprint density at radius 3 is 2.54 bits per heavy atom. The van der Waals surface area contributed by atoms with Crippen LogP contribution in [0.15, 0.2) is 11.3 Å². The Kier molecular flexibility index (Phi) is 6.55. The third-order valence-electron chi connectivity index (χ3n) is 5.86. The highest BCUT2D eigenvalue weighted by Crippen LogP contribution is 2.48. The van der Waals surface area contributed by atoms with Gasteiger partial charge in [0, 0.05) is 24.2 Å². The van der Waals surface area contributed by atoms with Crippen molar-refractivity contribution in [2.45, 2.75) is 56.2 Å². The molecule has 0 spiro atoms. The fourth-order valence-corrected chi connectivity index (χ4v) is 5.71. The molecule has 0 bridgehead atoms. The molecule has 15 heteroatoms. The molecular weight excluding hydrogens is 517 g/mol. The monoisotopic (exact) mass is 536 g/mol. The van der Waals surface area contributed by atoms with Gasteiger partial charge in [-0.15, -0.1) is 11.8 Å². The van der Waals surface area contributed by atoms with E-state index in [4.69, 9.17) is 16.3 Å². The third-order valence-corrected chi connectivity index (χ3v) is 7.58. The number of fused-ring (bicyclic) bond motifs is 1. The van der Waals surface area contributed by atoms with Crippen LogP contribution in [0.4, 0.5) is 13.2 Å². The standard InChI is InChI=1S/C20H20ClF3N4O6S/c1-7(28-13(9-3-4-9)11(21)15(26-28)20(22,23)24)16(30)25-12-17(31)27-14(19(32)33)10(5-34-8(2)29)6-35-18(12)27/h7,9,12,18H,3-6H2,1-2H3,(H,25,30)(H,32,33)/t7-,12-,18-/m1/s1. The summed E-state index contributed by atoms with van der Waals surface area (Å²) < 4.78 is 45.8. The number of nitrogens with zero attached hydrogens (tertiary/aromatic N) is 3. The molecule has 1 saturated carbocycles. The molecule has 2 amide bonds. The van der Waals surface area contributed by atoms with Crippen LogP contribution in [0.1, 0.15) is 50.0 Å². The van der Waals surface area contributed by atoms with Gasteiger partial charge in [-0.05, 0) is 19.8 Å². The van der Waals surface area contributed by atoms with Gasteiger partial charge in [0.2, 0.25) is 5.91 Å². The number of alkyl halides is 3. The molecule has 35 heavy (non-hydrogen) atoms. The molecule has 3 heterocycles. The van der Waals surface area contributed by atoms with Crippen LogP contribution in [-0.2, 0) is 30.1 Å². The van der Waals surface area contributed by atoms with Gasteiger partial charge in [0.25, 0.3) is 5.91 Å². The highest BCUT2D eigenvalue weighted by atomic mass is 35.5. The normalized spacial score (nSPS) is 22.9. The molecule has 10 nitrogen and oxygen atoms in total. The maximum Gasteiger partial charge on any atom is 0.436 e. The highest BCUT2D eigenvalue weighted by molar-refractivity contribution is 8.00. The number of halogens is 4. The quantitative estimate of drug-likeness (QED) is 0.401. The van der Waals surface area contributed by atoms with Gasteiger partial charge in [0.05, 0.1) is 10.7 Å². The van der Waals surface area contributed by atoms with Gasteiger partial charge < -0.3 is 15.2 Å². The summed E-state index contributed by atoms with van der Waals surface area (Å²) in [7, 11) is 0. The Bertz CT molecular complexity index is 1150. The molecular formula is C20H20ClF3N4O6S. The zero-order valence-electron chi connectivity index (χ0n) is 18.4. The smallest absolute Gasteiger partial charge is 0.436 e. The van der Waals surface area contributed by atoms with Crippen molar-refractivity contribution in [2.24, 2.45) is 0 Å². The van der Waals surface area contributed by atoms with E-state index >= 15 is 0 Å². The number of rotatable bonds is 7. The van der Waals surface area contributed by atoms with Gasteiger partial charge in [-0.3, -0.25) is 24.0 Å². The van der Waals surface area contributed by atoms with Gasteiger partial charge in [0.15, 0.2) is 5.69 Å². The molecule has 4 rings (SSSR count). The lowest BCUT2D eigenvalue weighted by molar-refractivity contribution is -0.151. The Morgan fingerprint density at radius 1 is 1.34 bits per heavy atom. The summed E-state index contributed by atoms with van der Waals surface area (Å²) >= 11 is 7.14. The average molecular weight is 537 g/mol. The fraction of sp³-hybridized carbons (Fsp3) is 0.550. The number of thioether (sulfide) groups is 1. The largest absolute Gasteiger partial charge is 0.477 e. The molecule has 1 aliphatic carbocycles. The first kappa shape index (κ1) is 25.4. The second kappa shape index (κ2) is 9.04. The number of carbonyl (C=O) groups excluding carboxylic acids is 3. The van der Waals surface area contributed by atoms with Gasteiger partial charge in [-0.2, -0.15) is 18.3 Å². The van der Waals surface area contributed by atoms with E-state index in [2.05, 4.69) is 10.4 Å². The maximum absolute atomic E-state index is 13.3. The first-order chi connectivity index (χ1) is 16.3. The van der Waals surface area contributed by atoms with Crippen molar-refractivity contribution in [1.82, 2.24) is 20.0 Å². The first-order valence-corrected chi connectivity index (χ1v) is 11.9. The SMILES string of the molecule is CC(=O)OCC1=C(C(=O)O)N2C(=O)[C@@H](NC(=O)[C@@H](C)n3nc(C(F)(F)F)c(Cl)c3C3CC3)[C@H]2SC1. The summed E-state index contributed by atoms with van der Waals surface area (Å²) in [6.45, 7) is 2.22. The number of aliphatic carboxylic acids is 1. The van der Waals surface area contributed by atoms with Crippen LogP contribution in [0, 0.1) is 0 Å². The molecule has 1 aromatic heterocycles. The number of β-lactam (4-membered cyclic amide) rings is 1. The summed E-state index contributed by atoms with van der Waals surface area (Å²) in [5.41, 5.74) is -1.23. The summed E-state index contributed by atoms with van der Waals surface area (Å²) in [4.78, 5) is 49.6. The average Bonchev–Trinajstić information content (AvgIpc) is 3.54. The van der Waals surface area contributed by atoms with Crippen molar-refractivity contribution in [1.29, 1.82) is 0 Å². The van der Waals surface area contributed by atoms with Gasteiger partial charge in [0.1, 0.15) is 29.8 Å². The zero-order valence-corrected chi connectivity index (χ0v) is 20.0. The first-order valence-electron chi connectivity index (χ1n) is 10.5. The maximum atomic E-state index is 13.3. The minimum atomic E-state index is -4.80. The predicted octanol–water partition coefficient (Wildman–Crippen LogP) is 2.30. The van der Waals surface area contributed by atoms with Crippen LogP contribution in [-0.4, -0.2) is 67.3 Å². The molecule has 2 fully saturated rings. The lowest BCUT2D eigenvalue weighted by atomic mass is 10.0. The Labute approximate surface area is 205 Å². The Morgan fingerprint density at radius 2 is 2.00 bits per heavy atom. The molecule has 0 aromatic carbocycles. The lowest BCUT2D eigenvalue weighted by Gasteiger charge is -2.49. The molecule has 0 unspecified atom stereocenters. The topological polar surface area (TPSA) is 131 Å². The second-order valence-corrected chi connectivity index (χ2v) is 9.86. The van der Waals surface area contributed by atoms with Gasteiger partial charge in [-0.25, -0.2) is 4.79 Å². The van der Waals surface area contributed by atoms with E-state index in [1.807, 2.05) is 0 Å². The second-order valence-electron chi connectivity index (χ2n) is 8.37. The summed E-state index contributed by atoms with van der Waals surface area (Å²) in [6.07, 6.45) is -3.56. The van der Waals surface area contributed by atoms with E-state index in [-0.39, 0.29) is 35.2 Å². The van der Waals surface area contributed by atoms with E-state index in [1.54, 1.807) is 0 Å². The van der Waals surface area contributed by atoms with Crippen LogP contribution < -0.4 is 5.32 Å². The number of ether oxygens (including phenoxy) is 1. The molecule has 1 aromatic rings. The van der Waals surface area contributed by atoms with Crippen molar-refractivity contribution in [3.05, 3.63) is 27.7 Å². The number of nitrogens with one attached hydrogen (secondary N) is 1. The lowest BCUT2D eigenvalue weighted by Crippen LogP contribution is -2.71. The molecule has 190 valence electrons. The molecule has 2 aliphatic heterocycles. The van der Waals surface area contributed by atoms with Crippen molar-refractivity contribution in [3.63, 3.8) is 0 Å². The Hall–Kier alpha value is -2.74. The number of amides is 2. The molecule has 3 atom stereocenters. The number of carbonyl (C=O) groups is 4. The number of carboxylic acids is 1. The van der Waals surface area contributed by atoms with E-state index < -0.39 is 58.1 Å². The number of carboxylic acid groups (broad SMARTS) is 1. The molecule has 1 saturated heterocycles. The molecule has 3 aliphatic rings. The third kappa shape index (κ3) is 4.60. The molecule has 0 radical (unpaired) electrons. The minimum absolute atomic E-state index is 0.126. The summed E-state index contributed by atoms with van der Waals surface area (Å²) in [5.74, 6) is -3.55. The van der Waals surface area contributed by atoms with Crippen LogP contribution in [0.5, 0.6) is 0 Å². The van der Waals surface area contributed by atoms with Crippen molar-refractivity contribution in [2.75, 3.05) is 12.4 Å². The van der Waals surface area contributed by atoms with Crippen LogP contribution >= 0.6 is 23.4 Å². The number of esters is 1. The number of hydrogen-bond acceptors (Lipinski definition) is 7. The summed E-state index contributed by atoms with van der Waals surface area (Å²) in [6, 6.07) is -2.29. The summed E-state index contributed by atoms with van der Waals surface area (Å²) in [5, 5.41) is 14.4. The minimum Gasteiger partial charge on any atom is -0.477 e. The molecule has 2 N–H and O–H groups in total. The van der Waals surface area contributed by atoms with Crippen molar-refractivity contribution < 1.29 is 42.2 Å². The predicted molar refractivity (Wildman–Crippen MR) is 115 cm³/mol. The van der Waals surface area contributed by atoms with Crippen molar-refractivity contribution in [3.8, 4) is 0 Å². The van der Waals surface area contributed by atoms with Crippen molar-refractivity contribution >= 4 is 47.1 Å². The Balaban J connectivity index is 1.52. The highest BCUT2D eigenvalue weighted by Gasteiger charge is 2.54. The number of hydrogen-bond donors (Lipinski definition) is 2. The van der Waals surface area contributed by atoms with E-state index in [0.29, 0.717) is 12.8 Å². The van der Waals surface area contributed by atoms with Crippen LogP contribution in [0.25, 0.3) is 0 Å². The fourth-order valence-electron chi connectivity index (χ4n) is 3.99. The van der Waals surface area contributed by atoms with Crippen LogP contribution in [0.2, 0.25) is 5.02 Å². The van der Waals surface area contributed by atoms with E-state index in [0.717, 1.165) is 9.58 Å². The van der Waals surface area contributed by atoms with Crippen LogP contribution in [0.3, 0.4) is 0 Å². The number of aromatic nitrogens is 2. The van der Waals surface area contributed by atoms with Gasteiger partial charge in [-0.1, -0.05) is 11.6 Å². The van der Waals surface area contributed by atoms with Gasteiger partial charge >= 0.3 is 18.1 Å². The van der Waals surface area contributed by atoms with E-state index in [9.17, 15) is 37.5 Å².